The molecule has 4 rings (SSSR count). The van der Waals surface area contributed by atoms with Crippen LogP contribution in [-0.4, -0.2) is 45.2 Å². The van der Waals surface area contributed by atoms with Gasteiger partial charge in [0.25, 0.3) is 11.5 Å². The molecular formula is C24H26N6O3S. The molecule has 0 bridgehead atoms. The molecule has 1 amide bonds. The molecule has 10 heteroatoms. The summed E-state index contributed by atoms with van der Waals surface area (Å²) in [5.41, 5.74) is 1.46. The number of hydrogen-bond acceptors (Lipinski definition) is 6. The monoisotopic (exact) mass is 478 g/mol. The number of nitrogens with zero attached hydrogens (tertiary/aromatic N) is 4. The summed E-state index contributed by atoms with van der Waals surface area (Å²) in [5.74, 6) is -0.157. The van der Waals surface area contributed by atoms with Crippen molar-refractivity contribution in [3.63, 3.8) is 0 Å². The molecule has 1 fully saturated rings. The molecule has 1 aliphatic rings. The third-order valence-electron chi connectivity index (χ3n) is 5.93. The Morgan fingerprint density at radius 3 is 2.65 bits per heavy atom. The number of rotatable bonds is 8. The van der Waals surface area contributed by atoms with Crippen molar-refractivity contribution >= 4 is 27.7 Å². The maximum absolute atomic E-state index is 13.0. The summed E-state index contributed by atoms with van der Waals surface area (Å²) in [5, 5.41) is 12.3. The molecule has 1 unspecified atom stereocenters. The van der Waals surface area contributed by atoms with Crippen LogP contribution in [0.25, 0.3) is 10.9 Å². The second-order valence-corrected chi connectivity index (χ2v) is 10.7. The smallest absolute Gasteiger partial charge is 0.263 e. The fourth-order valence-corrected chi connectivity index (χ4v) is 5.20. The highest BCUT2D eigenvalue weighted by Gasteiger charge is 2.48. The zero-order valence-electron chi connectivity index (χ0n) is 19.3. The van der Waals surface area contributed by atoms with E-state index in [9.17, 15) is 9.59 Å². The Kier molecular flexibility index (Phi) is 6.50. The van der Waals surface area contributed by atoms with Crippen molar-refractivity contribution in [2.75, 3.05) is 20.7 Å². The first-order valence-electron chi connectivity index (χ1n) is 10.8. The molecule has 2 N–H and O–H groups in total. The number of fused-ring (bicyclic) bond motifs is 1. The average Bonchev–Trinajstić information content (AvgIpc) is 3.64. The van der Waals surface area contributed by atoms with Crippen LogP contribution in [0.4, 0.5) is 0 Å². The van der Waals surface area contributed by atoms with Crippen LogP contribution < -0.4 is 15.6 Å². The molecule has 2 heterocycles. The summed E-state index contributed by atoms with van der Waals surface area (Å²) in [6.07, 6.45) is 3.43. The van der Waals surface area contributed by atoms with Gasteiger partial charge in [-0.15, -0.1) is 0 Å². The van der Waals surface area contributed by atoms with Gasteiger partial charge in [-0.1, -0.05) is 12.1 Å². The van der Waals surface area contributed by atoms with E-state index in [0.29, 0.717) is 29.0 Å². The number of hydrogen-bond donors (Lipinski definition) is 2. The lowest BCUT2D eigenvalue weighted by Gasteiger charge is -2.23. The number of benzene rings is 1. The van der Waals surface area contributed by atoms with Gasteiger partial charge in [-0.25, -0.2) is 9.29 Å². The van der Waals surface area contributed by atoms with Gasteiger partial charge in [0.1, 0.15) is 17.7 Å². The molecule has 176 valence electrons. The lowest BCUT2D eigenvalue weighted by Crippen LogP contribution is -2.34. The van der Waals surface area contributed by atoms with Crippen LogP contribution in [0.15, 0.2) is 47.4 Å². The largest absolute Gasteiger partial charge is 0.475 e. The number of nitriles is 1. The summed E-state index contributed by atoms with van der Waals surface area (Å²) in [4.78, 5) is 30.2. The molecule has 1 atom stereocenters. The van der Waals surface area contributed by atoms with Gasteiger partial charge in [0.15, 0.2) is 0 Å². The van der Waals surface area contributed by atoms with Crippen molar-refractivity contribution in [2.45, 2.75) is 24.1 Å². The molecule has 3 aromatic rings. The second kappa shape index (κ2) is 9.37. The number of aromatic nitrogens is 2. The number of amides is 1. The zero-order valence-corrected chi connectivity index (χ0v) is 20.1. The number of pyridine rings is 2. The minimum Gasteiger partial charge on any atom is -0.475 e. The van der Waals surface area contributed by atoms with E-state index in [-0.39, 0.29) is 16.9 Å². The number of ether oxygens (including phenoxy) is 1. The Morgan fingerprint density at radius 1 is 1.32 bits per heavy atom. The fraction of sp³-hybridized carbons (Fsp3) is 0.333. The van der Waals surface area contributed by atoms with Crippen molar-refractivity contribution in [1.82, 2.24) is 19.2 Å². The first kappa shape index (κ1) is 23.6. The number of nitrogens with one attached hydrogen (secondary N) is 2. The van der Waals surface area contributed by atoms with Crippen LogP contribution in [0.2, 0.25) is 0 Å². The van der Waals surface area contributed by atoms with Crippen molar-refractivity contribution in [1.29, 1.82) is 10.0 Å². The minimum absolute atomic E-state index is 0.0276. The van der Waals surface area contributed by atoms with E-state index in [1.54, 1.807) is 49.6 Å². The van der Waals surface area contributed by atoms with Gasteiger partial charge in [-0.2, -0.15) is 5.26 Å². The minimum atomic E-state index is -0.675. The van der Waals surface area contributed by atoms with E-state index >= 15 is 0 Å². The van der Waals surface area contributed by atoms with Crippen LogP contribution in [0.1, 0.15) is 34.3 Å². The van der Waals surface area contributed by atoms with Crippen LogP contribution in [0.5, 0.6) is 5.88 Å². The number of aryl methyl sites for hydroxylation is 1. The fourth-order valence-electron chi connectivity index (χ4n) is 3.76. The van der Waals surface area contributed by atoms with Crippen molar-refractivity contribution in [3.8, 4) is 11.9 Å². The molecule has 1 aliphatic carbocycles. The Bertz CT molecular complexity index is 1370. The molecule has 2 aromatic heterocycles. The number of carbonyl (C=O) groups excluding carboxylic acids is 1. The topological polar surface area (TPSA) is 124 Å². The van der Waals surface area contributed by atoms with E-state index in [1.165, 1.54) is 4.57 Å². The summed E-state index contributed by atoms with van der Waals surface area (Å²) >= 11 is 0. The lowest BCUT2D eigenvalue weighted by atomic mass is 10.1. The molecule has 9 nitrogen and oxygen atoms in total. The third kappa shape index (κ3) is 4.58. The average molecular weight is 479 g/mol. The van der Waals surface area contributed by atoms with Crippen molar-refractivity contribution in [2.24, 2.45) is 7.05 Å². The molecular weight excluding hydrogens is 452 g/mol. The van der Waals surface area contributed by atoms with E-state index in [2.05, 4.69) is 16.4 Å². The van der Waals surface area contributed by atoms with Gasteiger partial charge in [0.2, 0.25) is 5.88 Å². The molecule has 0 saturated heterocycles. The van der Waals surface area contributed by atoms with Crippen LogP contribution in [-0.2, 0) is 24.5 Å². The standard InChI is InChI=1S/C24H26N6O3S/c1-29(2)34(26)24(9-10-24)15-33-22-20-18(8-11-27-22)12-19(23(32)30(20)3)21(31)28-14-17-6-4-16(13-25)5-7-17/h4-8,11-12,26H,9-10,14-15H2,1-3H3,(H,28,31). The summed E-state index contributed by atoms with van der Waals surface area (Å²) in [7, 11) is 4.71. The van der Waals surface area contributed by atoms with Crippen LogP contribution in [0, 0.1) is 16.1 Å². The molecule has 0 spiro atoms. The Hall–Kier alpha value is -3.55. The summed E-state index contributed by atoms with van der Waals surface area (Å²) in [6.45, 7) is 0.588. The molecule has 0 radical (unpaired) electrons. The van der Waals surface area contributed by atoms with E-state index in [1.807, 2.05) is 18.4 Å². The first-order valence-corrected chi connectivity index (χ1v) is 12.0. The predicted molar refractivity (Wildman–Crippen MR) is 131 cm³/mol. The third-order valence-corrected chi connectivity index (χ3v) is 8.00. The molecule has 1 saturated carbocycles. The maximum Gasteiger partial charge on any atom is 0.263 e. The van der Waals surface area contributed by atoms with Crippen molar-refractivity contribution in [3.05, 3.63) is 69.6 Å². The normalized spacial score (nSPS) is 15.0. The van der Waals surface area contributed by atoms with E-state index in [4.69, 9.17) is 14.8 Å². The molecule has 34 heavy (non-hydrogen) atoms. The molecule has 0 aliphatic heterocycles. The lowest BCUT2D eigenvalue weighted by molar-refractivity contribution is 0.0949. The van der Waals surface area contributed by atoms with Crippen LogP contribution >= 0.6 is 0 Å². The van der Waals surface area contributed by atoms with Gasteiger partial charge in [-0.3, -0.25) is 14.4 Å². The van der Waals surface area contributed by atoms with Gasteiger partial charge < -0.3 is 14.6 Å². The van der Waals surface area contributed by atoms with E-state index < -0.39 is 22.3 Å². The highest BCUT2D eigenvalue weighted by atomic mass is 32.2. The highest BCUT2D eigenvalue weighted by Crippen LogP contribution is 2.43. The quantitative estimate of drug-likeness (QED) is 0.513. The SMILES string of the molecule is CN(C)S(=N)C1(COc2nccc3cc(C(=O)NCc4ccc(C#N)cc4)c(=O)n(C)c23)CC1. The van der Waals surface area contributed by atoms with Gasteiger partial charge in [-0.05, 0) is 67.6 Å². The zero-order chi connectivity index (χ0) is 24.5. The second-order valence-electron chi connectivity index (χ2n) is 8.54. The van der Waals surface area contributed by atoms with Gasteiger partial charge in [0.05, 0.1) is 16.4 Å². The Labute approximate surface area is 200 Å². The van der Waals surface area contributed by atoms with Gasteiger partial charge >= 0.3 is 0 Å². The summed E-state index contributed by atoms with van der Waals surface area (Å²) < 4.78 is 17.6. The maximum atomic E-state index is 13.0. The Balaban J connectivity index is 1.56. The van der Waals surface area contributed by atoms with Crippen LogP contribution in [0.3, 0.4) is 0 Å². The summed E-state index contributed by atoms with van der Waals surface area (Å²) in [6, 6.07) is 12.2. The van der Waals surface area contributed by atoms with Gasteiger partial charge in [0, 0.05) is 25.2 Å². The van der Waals surface area contributed by atoms with Crippen molar-refractivity contribution < 1.29 is 9.53 Å². The highest BCUT2D eigenvalue weighted by molar-refractivity contribution is 7.85. The Morgan fingerprint density at radius 2 is 2.03 bits per heavy atom. The van der Waals surface area contributed by atoms with E-state index in [0.717, 1.165) is 18.4 Å². The predicted octanol–water partition coefficient (Wildman–Crippen LogP) is 2.50. The first-order chi connectivity index (χ1) is 16.3. The number of carbonyl (C=O) groups is 1. The molecule has 1 aromatic carbocycles.